The Bertz CT molecular complexity index is 424. The molecule has 0 fully saturated rings. The highest BCUT2D eigenvalue weighted by Crippen LogP contribution is 2.10. The van der Waals surface area contributed by atoms with Gasteiger partial charge in [0.2, 0.25) is 0 Å². The monoisotopic (exact) mass is 294 g/mol. The van der Waals surface area contributed by atoms with E-state index in [9.17, 15) is 4.79 Å². The van der Waals surface area contributed by atoms with E-state index in [2.05, 4.69) is 10.6 Å². The molecule has 0 spiro atoms. The maximum absolute atomic E-state index is 11.5. The molecule has 5 nitrogen and oxygen atoms in total. The lowest BCUT2D eigenvalue weighted by molar-refractivity contribution is 0.0523. The molecule has 1 aromatic carbocycles. The molecule has 0 aliphatic carbocycles. The van der Waals surface area contributed by atoms with Crippen LogP contribution in [0.15, 0.2) is 24.3 Å². The van der Waals surface area contributed by atoms with Gasteiger partial charge in [0, 0.05) is 25.4 Å². The van der Waals surface area contributed by atoms with Crippen molar-refractivity contribution in [3.8, 4) is 0 Å². The predicted octanol–water partition coefficient (Wildman–Crippen LogP) is 2.90. The zero-order chi connectivity index (χ0) is 15.7. The number of carbonyl (C=O) groups excluding carboxylic acids is 1. The Morgan fingerprint density at radius 1 is 1.19 bits per heavy atom. The summed E-state index contributed by atoms with van der Waals surface area (Å²) in [7, 11) is 0. The topological polar surface area (TPSA) is 70.6 Å². The number of nitrogens with one attached hydrogen (secondary N) is 2. The van der Waals surface area contributed by atoms with Crippen LogP contribution in [0.5, 0.6) is 0 Å². The van der Waals surface area contributed by atoms with E-state index in [1.807, 2.05) is 45.0 Å². The first-order valence-electron chi connectivity index (χ1n) is 7.31. The smallest absolute Gasteiger partial charge is 0.407 e. The van der Waals surface area contributed by atoms with Crippen LogP contribution in [-0.4, -0.2) is 30.0 Å². The number of rotatable bonds is 7. The Labute approximate surface area is 126 Å². The molecule has 0 heterocycles. The van der Waals surface area contributed by atoms with Gasteiger partial charge in [0.05, 0.1) is 0 Å². The highest BCUT2D eigenvalue weighted by Gasteiger charge is 2.15. The molecule has 0 saturated carbocycles. The fourth-order valence-corrected chi connectivity index (χ4v) is 1.70. The maximum Gasteiger partial charge on any atom is 0.407 e. The SMILES string of the molecule is CC(C)(C)OC(=O)NCc1ccc(NCCCCO)cc1. The number of unbranched alkanes of at least 4 members (excludes halogenated alkanes) is 1. The van der Waals surface area contributed by atoms with Crippen LogP contribution < -0.4 is 10.6 Å². The number of hydrogen-bond acceptors (Lipinski definition) is 4. The number of anilines is 1. The van der Waals surface area contributed by atoms with Crippen LogP contribution in [-0.2, 0) is 11.3 Å². The second-order valence-corrected chi connectivity index (χ2v) is 5.91. The van der Waals surface area contributed by atoms with Crippen molar-refractivity contribution in [2.45, 2.75) is 45.8 Å². The largest absolute Gasteiger partial charge is 0.444 e. The Hall–Kier alpha value is -1.75. The molecule has 0 aliphatic heterocycles. The van der Waals surface area contributed by atoms with Crippen molar-refractivity contribution >= 4 is 11.8 Å². The number of ether oxygens (including phenoxy) is 1. The van der Waals surface area contributed by atoms with Gasteiger partial charge < -0.3 is 20.5 Å². The minimum absolute atomic E-state index is 0.233. The first kappa shape index (κ1) is 17.3. The van der Waals surface area contributed by atoms with E-state index in [1.54, 1.807) is 0 Å². The van der Waals surface area contributed by atoms with E-state index < -0.39 is 11.7 Å². The number of hydrogen-bond donors (Lipinski definition) is 3. The average molecular weight is 294 g/mol. The second kappa shape index (κ2) is 8.52. The van der Waals surface area contributed by atoms with Gasteiger partial charge in [0.15, 0.2) is 0 Å². The quantitative estimate of drug-likeness (QED) is 0.676. The molecule has 0 bridgehead atoms. The van der Waals surface area contributed by atoms with Crippen molar-refractivity contribution < 1.29 is 14.6 Å². The van der Waals surface area contributed by atoms with Crippen LogP contribution >= 0.6 is 0 Å². The molecule has 0 radical (unpaired) electrons. The zero-order valence-electron chi connectivity index (χ0n) is 13.1. The molecule has 0 aromatic heterocycles. The molecule has 21 heavy (non-hydrogen) atoms. The number of aliphatic hydroxyl groups is 1. The van der Waals surface area contributed by atoms with Crippen LogP contribution in [0.1, 0.15) is 39.2 Å². The van der Waals surface area contributed by atoms with Crippen molar-refractivity contribution in [1.82, 2.24) is 5.32 Å². The van der Waals surface area contributed by atoms with E-state index in [4.69, 9.17) is 9.84 Å². The van der Waals surface area contributed by atoms with Crippen molar-refractivity contribution in [1.29, 1.82) is 0 Å². The Morgan fingerprint density at radius 3 is 2.43 bits per heavy atom. The third kappa shape index (κ3) is 8.19. The van der Waals surface area contributed by atoms with Gasteiger partial charge in [-0.3, -0.25) is 0 Å². The minimum Gasteiger partial charge on any atom is -0.444 e. The third-order valence-electron chi connectivity index (χ3n) is 2.70. The fraction of sp³-hybridized carbons (Fsp3) is 0.562. The highest BCUT2D eigenvalue weighted by atomic mass is 16.6. The molecule has 0 unspecified atom stereocenters. The van der Waals surface area contributed by atoms with Crippen molar-refractivity contribution in [2.75, 3.05) is 18.5 Å². The van der Waals surface area contributed by atoms with E-state index in [-0.39, 0.29) is 6.61 Å². The van der Waals surface area contributed by atoms with Crippen LogP contribution in [0.25, 0.3) is 0 Å². The number of benzene rings is 1. The third-order valence-corrected chi connectivity index (χ3v) is 2.70. The van der Waals surface area contributed by atoms with Crippen LogP contribution in [0.4, 0.5) is 10.5 Å². The summed E-state index contributed by atoms with van der Waals surface area (Å²) in [5.41, 5.74) is 1.57. The fourth-order valence-electron chi connectivity index (χ4n) is 1.70. The van der Waals surface area contributed by atoms with Gasteiger partial charge >= 0.3 is 6.09 Å². The van der Waals surface area contributed by atoms with Crippen LogP contribution in [0, 0.1) is 0 Å². The Balaban J connectivity index is 2.32. The summed E-state index contributed by atoms with van der Waals surface area (Å²) in [6.45, 7) is 7.03. The lowest BCUT2D eigenvalue weighted by atomic mass is 10.2. The van der Waals surface area contributed by atoms with Crippen LogP contribution in [0.3, 0.4) is 0 Å². The lowest BCUT2D eigenvalue weighted by Gasteiger charge is -2.19. The Morgan fingerprint density at radius 2 is 1.86 bits per heavy atom. The number of amides is 1. The summed E-state index contributed by atoms with van der Waals surface area (Å²) in [6, 6.07) is 7.88. The van der Waals surface area contributed by atoms with Gasteiger partial charge in [-0.15, -0.1) is 0 Å². The van der Waals surface area contributed by atoms with Crippen molar-refractivity contribution in [3.05, 3.63) is 29.8 Å². The molecule has 5 heteroatoms. The summed E-state index contributed by atoms with van der Waals surface area (Å²) < 4.78 is 5.18. The first-order chi connectivity index (χ1) is 9.90. The normalized spacial score (nSPS) is 11.0. The summed E-state index contributed by atoms with van der Waals surface area (Å²) in [6.07, 6.45) is 1.34. The molecule has 0 aliphatic rings. The van der Waals surface area contributed by atoms with Crippen molar-refractivity contribution in [3.63, 3.8) is 0 Å². The molecule has 3 N–H and O–H groups in total. The maximum atomic E-state index is 11.5. The van der Waals surface area contributed by atoms with Gasteiger partial charge in [-0.25, -0.2) is 4.79 Å². The Kier molecular flexibility index (Phi) is 7.02. The molecule has 1 aromatic rings. The highest BCUT2D eigenvalue weighted by molar-refractivity contribution is 5.67. The number of aliphatic hydroxyl groups excluding tert-OH is 1. The number of carbonyl (C=O) groups is 1. The molecule has 0 saturated heterocycles. The van der Waals surface area contributed by atoms with Crippen LogP contribution in [0.2, 0.25) is 0 Å². The summed E-state index contributed by atoms with van der Waals surface area (Å²) in [5.74, 6) is 0. The molecule has 0 atom stereocenters. The van der Waals surface area contributed by atoms with Gasteiger partial charge in [-0.2, -0.15) is 0 Å². The summed E-state index contributed by atoms with van der Waals surface area (Å²) in [5, 5.41) is 14.7. The lowest BCUT2D eigenvalue weighted by Crippen LogP contribution is -2.32. The van der Waals surface area contributed by atoms with E-state index >= 15 is 0 Å². The molecule has 1 rings (SSSR count). The molecule has 118 valence electrons. The summed E-state index contributed by atoms with van der Waals surface area (Å²) in [4.78, 5) is 11.5. The van der Waals surface area contributed by atoms with E-state index in [0.717, 1.165) is 30.6 Å². The number of alkyl carbamates (subject to hydrolysis) is 1. The predicted molar refractivity (Wildman–Crippen MR) is 84.3 cm³/mol. The summed E-state index contributed by atoms with van der Waals surface area (Å²) >= 11 is 0. The molecular formula is C16H26N2O3. The average Bonchev–Trinajstić information content (AvgIpc) is 2.41. The van der Waals surface area contributed by atoms with Gasteiger partial charge in [0.25, 0.3) is 0 Å². The van der Waals surface area contributed by atoms with Gasteiger partial charge in [0.1, 0.15) is 5.60 Å². The molecule has 1 amide bonds. The van der Waals surface area contributed by atoms with Gasteiger partial charge in [-0.1, -0.05) is 12.1 Å². The van der Waals surface area contributed by atoms with E-state index in [0.29, 0.717) is 6.54 Å². The standard InChI is InChI=1S/C16H26N2O3/c1-16(2,3)21-15(20)18-12-13-6-8-14(9-7-13)17-10-4-5-11-19/h6-9,17,19H,4-5,10-12H2,1-3H3,(H,18,20). The van der Waals surface area contributed by atoms with E-state index in [1.165, 1.54) is 0 Å². The zero-order valence-corrected chi connectivity index (χ0v) is 13.1. The first-order valence-corrected chi connectivity index (χ1v) is 7.31. The van der Waals surface area contributed by atoms with Gasteiger partial charge in [-0.05, 0) is 51.3 Å². The second-order valence-electron chi connectivity index (χ2n) is 5.91. The van der Waals surface area contributed by atoms with Crippen molar-refractivity contribution in [2.24, 2.45) is 0 Å². The minimum atomic E-state index is -0.480. The molecular weight excluding hydrogens is 268 g/mol.